The van der Waals surface area contributed by atoms with Gasteiger partial charge in [0.15, 0.2) is 0 Å². The van der Waals surface area contributed by atoms with E-state index in [4.69, 9.17) is 4.74 Å². The SMILES string of the molecule is CNC(=CCOC(=O)CC(C)=O)Cc1ccc2ccccc2c1. The van der Waals surface area contributed by atoms with Crippen molar-refractivity contribution in [3.8, 4) is 0 Å². The second kappa shape index (κ2) is 8.13. The summed E-state index contributed by atoms with van der Waals surface area (Å²) in [4.78, 5) is 22.2. The van der Waals surface area contributed by atoms with Crippen molar-refractivity contribution < 1.29 is 14.3 Å². The fourth-order valence-corrected chi connectivity index (χ4v) is 2.32. The van der Waals surface area contributed by atoms with Gasteiger partial charge in [-0.15, -0.1) is 0 Å². The molecule has 0 spiro atoms. The van der Waals surface area contributed by atoms with Crippen LogP contribution >= 0.6 is 0 Å². The maximum absolute atomic E-state index is 11.3. The molecule has 0 aromatic heterocycles. The van der Waals surface area contributed by atoms with E-state index in [1.165, 1.54) is 23.3 Å². The number of hydrogen-bond donors (Lipinski definition) is 1. The number of rotatable bonds is 7. The molecule has 0 bridgehead atoms. The van der Waals surface area contributed by atoms with E-state index in [0.29, 0.717) is 0 Å². The minimum Gasteiger partial charge on any atom is -0.461 e. The number of benzene rings is 2. The van der Waals surface area contributed by atoms with Crippen LogP contribution in [0.1, 0.15) is 18.9 Å². The van der Waals surface area contributed by atoms with Crippen LogP contribution in [0.3, 0.4) is 0 Å². The Kier molecular flexibility index (Phi) is 5.92. The summed E-state index contributed by atoms with van der Waals surface area (Å²) in [6, 6.07) is 14.6. The molecular formula is C19H21NO3. The van der Waals surface area contributed by atoms with Crippen LogP contribution in [0.5, 0.6) is 0 Å². The van der Waals surface area contributed by atoms with Gasteiger partial charge in [-0.1, -0.05) is 42.5 Å². The predicted octanol–water partition coefficient (Wildman–Crippen LogP) is 3.01. The lowest BCUT2D eigenvalue weighted by molar-refractivity contribution is -0.144. The third-order valence-corrected chi connectivity index (χ3v) is 3.50. The smallest absolute Gasteiger partial charge is 0.313 e. The molecule has 1 N–H and O–H groups in total. The van der Waals surface area contributed by atoms with Crippen molar-refractivity contribution in [3.63, 3.8) is 0 Å². The molecule has 0 saturated heterocycles. The Balaban J connectivity index is 1.98. The number of nitrogens with one attached hydrogen (secondary N) is 1. The van der Waals surface area contributed by atoms with E-state index in [1.807, 2.05) is 25.3 Å². The normalized spacial score (nSPS) is 11.3. The molecule has 120 valence electrons. The van der Waals surface area contributed by atoms with E-state index in [2.05, 4.69) is 35.6 Å². The van der Waals surface area contributed by atoms with E-state index < -0.39 is 5.97 Å². The third-order valence-electron chi connectivity index (χ3n) is 3.50. The molecule has 0 radical (unpaired) electrons. The number of ketones is 1. The third kappa shape index (κ3) is 5.25. The highest BCUT2D eigenvalue weighted by Gasteiger charge is 2.05. The van der Waals surface area contributed by atoms with Crippen LogP contribution < -0.4 is 5.32 Å². The summed E-state index contributed by atoms with van der Waals surface area (Å²) >= 11 is 0. The van der Waals surface area contributed by atoms with Gasteiger partial charge in [0.1, 0.15) is 18.8 Å². The zero-order chi connectivity index (χ0) is 16.7. The van der Waals surface area contributed by atoms with E-state index in [-0.39, 0.29) is 18.8 Å². The first kappa shape index (κ1) is 16.7. The van der Waals surface area contributed by atoms with Crippen molar-refractivity contribution in [1.29, 1.82) is 0 Å². The van der Waals surface area contributed by atoms with Crippen LogP contribution in [0.25, 0.3) is 10.8 Å². The molecule has 0 atom stereocenters. The van der Waals surface area contributed by atoms with Gasteiger partial charge in [-0.05, 0) is 29.3 Å². The minimum absolute atomic E-state index is 0.163. The molecule has 0 aliphatic carbocycles. The molecule has 0 aliphatic heterocycles. The number of Topliss-reactive ketones (excluding diaryl/α,β-unsaturated/α-hetero) is 1. The summed E-state index contributed by atoms with van der Waals surface area (Å²) in [5.74, 6) is -0.682. The van der Waals surface area contributed by atoms with Gasteiger partial charge in [-0.3, -0.25) is 9.59 Å². The van der Waals surface area contributed by atoms with Crippen LogP contribution in [-0.4, -0.2) is 25.4 Å². The number of esters is 1. The quantitative estimate of drug-likeness (QED) is 0.631. The number of ether oxygens (including phenoxy) is 1. The molecule has 0 aliphatic rings. The van der Waals surface area contributed by atoms with Crippen molar-refractivity contribution in [2.24, 2.45) is 0 Å². The molecule has 2 aromatic rings. The summed E-state index contributed by atoms with van der Waals surface area (Å²) in [5, 5.41) is 5.53. The van der Waals surface area contributed by atoms with Crippen LogP contribution in [0.4, 0.5) is 0 Å². The zero-order valence-electron chi connectivity index (χ0n) is 13.5. The molecule has 0 amide bonds. The van der Waals surface area contributed by atoms with Gasteiger partial charge < -0.3 is 10.1 Å². The Morgan fingerprint density at radius 2 is 1.87 bits per heavy atom. The molecular weight excluding hydrogens is 290 g/mol. The summed E-state index contributed by atoms with van der Waals surface area (Å²) in [6.45, 7) is 1.53. The Morgan fingerprint density at radius 3 is 2.57 bits per heavy atom. The summed E-state index contributed by atoms with van der Waals surface area (Å²) < 4.78 is 5.02. The highest BCUT2D eigenvalue weighted by atomic mass is 16.5. The van der Waals surface area contributed by atoms with Crippen molar-refractivity contribution in [2.75, 3.05) is 13.7 Å². The lowest BCUT2D eigenvalue weighted by Gasteiger charge is -2.09. The van der Waals surface area contributed by atoms with E-state index in [0.717, 1.165) is 12.1 Å². The van der Waals surface area contributed by atoms with Crippen molar-refractivity contribution >= 4 is 22.5 Å². The molecule has 0 heterocycles. The minimum atomic E-state index is -0.491. The second-order valence-electron chi connectivity index (χ2n) is 5.40. The van der Waals surface area contributed by atoms with Crippen LogP contribution in [0.2, 0.25) is 0 Å². The van der Waals surface area contributed by atoms with Crippen LogP contribution in [0.15, 0.2) is 54.2 Å². The Bertz CT molecular complexity index is 734. The molecule has 0 unspecified atom stereocenters. The number of hydrogen-bond acceptors (Lipinski definition) is 4. The van der Waals surface area contributed by atoms with Gasteiger partial charge in [0.05, 0.1) is 0 Å². The molecule has 0 fully saturated rings. The molecule has 2 aromatic carbocycles. The number of carbonyl (C=O) groups is 2. The zero-order valence-corrected chi connectivity index (χ0v) is 13.5. The molecule has 23 heavy (non-hydrogen) atoms. The standard InChI is InChI=1S/C19H21NO3/c1-14(21)11-19(22)23-10-9-18(20-2)13-15-7-8-16-5-3-4-6-17(16)12-15/h3-9,12,20H,10-11,13H2,1-2H3. The van der Waals surface area contributed by atoms with Gasteiger partial charge in [0.25, 0.3) is 0 Å². The van der Waals surface area contributed by atoms with E-state index >= 15 is 0 Å². The maximum atomic E-state index is 11.3. The highest BCUT2D eigenvalue weighted by molar-refractivity contribution is 5.94. The summed E-state index contributed by atoms with van der Waals surface area (Å²) in [5.41, 5.74) is 2.15. The first-order valence-corrected chi connectivity index (χ1v) is 7.58. The van der Waals surface area contributed by atoms with E-state index in [9.17, 15) is 9.59 Å². The lowest BCUT2D eigenvalue weighted by Crippen LogP contribution is -2.12. The Morgan fingerprint density at radius 1 is 1.13 bits per heavy atom. The van der Waals surface area contributed by atoms with Gasteiger partial charge in [0.2, 0.25) is 0 Å². The predicted molar refractivity (Wildman–Crippen MR) is 91.1 cm³/mol. The first-order chi connectivity index (χ1) is 11.1. The number of carbonyl (C=O) groups excluding carboxylic acids is 2. The summed E-state index contributed by atoms with van der Waals surface area (Å²) in [6.07, 6.45) is 2.38. The van der Waals surface area contributed by atoms with Crippen molar-refractivity contribution in [3.05, 3.63) is 59.8 Å². The monoisotopic (exact) mass is 311 g/mol. The van der Waals surface area contributed by atoms with Crippen molar-refractivity contribution in [2.45, 2.75) is 19.8 Å². The molecule has 2 rings (SSSR count). The van der Waals surface area contributed by atoms with Crippen LogP contribution in [0, 0.1) is 0 Å². The fourth-order valence-electron chi connectivity index (χ4n) is 2.32. The van der Waals surface area contributed by atoms with Gasteiger partial charge in [0, 0.05) is 19.2 Å². The first-order valence-electron chi connectivity index (χ1n) is 7.58. The molecule has 4 heteroatoms. The van der Waals surface area contributed by atoms with Crippen LogP contribution in [-0.2, 0) is 20.7 Å². The maximum Gasteiger partial charge on any atom is 0.313 e. The number of likely N-dealkylation sites (N-methyl/N-ethyl adjacent to an activating group) is 1. The summed E-state index contributed by atoms with van der Waals surface area (Å²) in [7, 11) is 1.84. The molecule has 0 saturated carbocycles. The average molecular weight is 311 g/mol. The van der Waals surface area contributed by atoms with Gasteiger partial charge >= 0.3 is 5.97 Å². The number of fused-ring (bicyclic) bond motifs is 1. The van der Waals surface area contributed by atoms with E-state index in [1.54, 1.807) is 0 Å². The average Bonchev–Trinajstić information content (AvgIpc) is 2.53. The lowest BCUT2D eigenvalue weighted by atomic mass is 10.0. The second-order valence-corrected chi connectivity index (χ2v) is 5.40. The van der Waals surface area contributed by atoms with Gasteiger partial charge in [-0.25, -0.2) is 0 Å². The topological polar surface area (TPSA) is 55.4 Å². The Hall–Kier alpha value is -2.62. The highest BCUT2D eigenvalue weighted by Crippen LogP contribution is 2.17. The number of allylic oxidation sites excluding steroid dienone is 1. The van der Waals surface area contributed by atoms with Gasteiger partial charge in [-0.2, -0.15) is 0 Å². The Labute approximate surface area is 136 Å². The largest absolute Gasteiger partial charge is 0.461 e. The van der Waals surface area contributed by atoms with Crippen molar-refractivity contribution in [1.82, 2.24) is 5.32 Å². The molecule has 4 nitrogen and oxygen atoms in total. The fraction of sp³-hybridized carbons (Fsp3) is 0.263.